The molecule has 8 heteroatoms. The van der Waals surface area contributed by atoms with Gasteiger partial charge in [-0.1, -0.05) is 24.3 Å². The van der Waals surface area contributed by atoms with Gasteiger partial charge in [0.1, 0.15) is 6.54 Å². The van der Waals surface area contributed by atoms with E-state index in [2.05, 4.69) is 10.3 Å². The fraction of sp³-hybridized carbons (Fsp3) is 0.238. The lowest BCUT2D eigenvalue weighted by atomic mass is 10.1. The number of amides is 1. The lowest BCUT2D eigenvalue weighted by molar-refractivity contribution is -0.116. The molecule has 0 unspecified atom stereocenters. The molecule has 2 aromatic carbocycles. The number of rotatable bonds is 5. The molecule has 0 fully saturated rings. The van der Waals surface area contributed by atoms with Gasteiger partial charge in [-0.2, -0.15) is 8.42 Å². The zero-order valence-electron chi connectivity index (χ0n) is 16.3. The Labute approximate surface area is 170 Å². The Hall–Kier alpha value is -3.13. The van der Waals surface area contributed by atoms with E-state index in [0.717, 1.165) is 16.7 Å². The van der Waals surface area contributed by atoms with Crippen LogP contribution in [-0.4, -0.2) is 30.4 Å². The van der Waals surface area contributed by atoms with Crippen molar-refractivity contribution >= 4 is 27.3 Å². The Morgan fingerprint density at radius 1 is 1.14 bits per heavy atom. The molecular formula is C21H22N4O3S. The first-order valence-corrected chi connectivity index (χ1v) is 10.8. The van der Waals surface area contributed by atoms with E-state index in [1.54, 1.807) is 6.07 Å². The third-order valence-corrected chi connectivity index (χ3v) is 6.82. The summed E-state index contributed by atoms with van der Waals surface area (Å²) < 4.78 is 28.9. The van der Waals surface area contributed by atoms with Crippen molar-refractivity contribution in [2.75, 3.05) is 16.2 Å². The highest BCUT2D eigenvalue weighted by Crippen LogP contribution is 2.32. The number of para-hydroxylation sites is 1. The Balaban J connectivity index is 1.48. The van der Waals surface area contributed by atoms with Gasteiger partial charge in [-0.15, -0.1) is 0 Å². The van der Waals surface area contributed by atoms with Crippen LogP contribution in [0.5, 0.6) is 0 Å². The van der Waals surface area contributed by atoms with Gasteiger partial charge in [0.05, 0.1) is 12.0 Å². The molecule has 0 atom stereocenters. The molecule has 0 bridgehead atoms. The standard InChI is InChI=1S/C21H22N4O3S/c1-15-7-8-18(11-16(15)2)23-20(26)12-24-13-21(22-14-24)29(27,28)25-10-9-17-5-3-4-6-19(17)25/h3-8,11,13-14H,9-10,12H2,1-2H3,(H,23,26). The maximum Gasteiger partial charge on any atom is 0.283 e. The van der Waals surface area contributed by atoms with Crippen molar-refractivity contribution in [2.24, 2.45) is 0 Å². The molecule has 1 aliphatic rings. The number of aromatic nitrogens is 2. The largest absolute Gasteiger partial charge is 0.327 e. The first-order chi connectivity index (χ1) is 13.8. The molecule has 0 saturated heterocycles. The maximum atomic E-state index is 13.0. The number of sulfonamides is 1. The number of carbonyl (C=O) groups excluding carboxylic acids is 1. The van der Waals surface area contributed by atoms with Crippen molar-refractivity contribution in [3.63, 3.8) is 0 Å². The number of anilines is 2. The zero-order valence-corrected chi connectivity index (χ0v) is 17.1. The molecule has 1 aliphatic heterocycles. The van der Waals surface area contributed by atoms with Crippen molar-refractivity contribution in [2.45, 2.75) is 31.8 Å². The summed E-state index contributed by atoms with van der Waals surface area (Å²) in [6.45, 7) is 4.36. The highest BCUT2D eigenvalue weighted by atomic mass is 32.2. The minimum Gasteiger partial charge on any atom is -0.327 e. The average Bonchev–Trinajstić information content (AvgIpc) is 3.32. The second-order valence-electron chi connectivity index (χ2n) is 7.19. The third-order valence-electron chi connectivity index (χ3n) is 5.13. The number of hydrogen-bond donors (Lipinski definition) is 1. The molecular weight excluding hydrogens is 388 g/mol. The normalized spacial score (nSPS) is 13.4. The van der Waals surface area contributed by atoms with Crippen LogP contribution in [0.1, 0.15) is 16.7 Å². The number of fused-ring (bicyclic) bond motifs is 1. The van der Waals surface area contributed by atoms with E-state index in [9.17, 15) is 13.2 Å². The van der Waals surface area contributed by atoms with Gasteiger partial charge >= 0.3 is 0 Å². The minimum atomic E-state index is -3.77. The fourth-order valence-electron chi connectivity index (χ4n) is 3.42. The average molecular weight is 410 g/mol. The van der Waals surface area contributed by atoms with Crippen LogP contribution in [0.25, 0.3) is 0 Å². The van der Waals surface area contributed by atoms with Gasteiger partial charge in [-0.25, -0.2) is 4.98 Å². The third kappa shape index (κ3) is 3.75. The van der Waals surface area contributed by atoms with Crippen LogP contribution in [0, 0.1) is 13.8 Å². The van der Waals surface area contributed by atoms with Crippen molar-refractivity contribution < 1.29 is 13.2 Å². The van der Waals surface area contributed by atoms with E-state index < -0.39 is 10.0 Å². The first kappa shape index (κ1) is 19.2. The van der Waals surface area contributed by atoms with Gasteiger partial charge in [0, 0.05) is 18.4 Å². The summed E-state index contributed by atoms with van der Waals surface area (Å²) in [7, 11) is -3.77. The van der Waals surface area contributed by atoms with E-state index in [4.69, 9.17) is 0 Å². The molecule has 29 heavy (non-hydrogen) atoms. The van der Waals surface area contributed by atoms with Gasteiger partial charge < -0.3 is 9.88 Å². The van der Waals surface area contributed by atoms with Crippen LogP contribution in [-0.2, 0) is 27.8 Å². The predicted octanol–water partition coefficient (Wildman–Crippen LogP) is 2.89. The van der Waals surface area contributed by atoms with Gasteiger partial charge in [-0.05, 0) is 55.2 Å². The quantitative estimate of drug-likeness (QED) is 0.701. The SMILES string of the molecule is Cc1ccc(NC(=O)Cn2cnc(S(=O)(=O)N3CCc4ccccc43)c2)cc1C. The summed E-state index contributed by atoms with van der Waals surface area (Å²) in [5, 5.41) is 2.77. The molecule has 0 radical (unpaired) electrons. The summed E-state index contributed by atoms with van der Waals surface area (Å²) in [5.41, 5.74) is 4.64. The number of hydrogen-bond acceptors (Lipinski definition) is 4. The number of imidazole rings is 1. The van der Waals surface area contributed by atoms with Crippen molar-refractivity contribution in [1.82, 2.24) is 9.55 Å². The molecule has 1 aromatic heterocycles. The van der Waals surface area contributed by atoms with Gasteiger partial charge in [0.25, 0.3) is 10.0 Å². The highest BCUT2D eigenvalue weighted by molar-refractivity contribution is 7.92. The Morgan fingerprint density at radius 3 is 2.72 bits per heavy atom. The minimum absolute atomic E-state index is 0.0218. The summed E-state index contributed by atoms with van der Waals surface area (Å²) in [4.78, 5) is 16.4. The van der Waals surface area contributed by atoms with Crippen LogP contribution in [0.4, 0.5) is 11.4 Å². The lowest BCUT2D eigenvalue weighted by Gasteiger charge is -2.17. The Bertz CT molecular complexity index is 1180. The second-order valence-corrected chi connectivity index (χ2v) is 9.00. The number of nitrogens with zero attached hydrogens (tertiary/aromatic N) is 3. The molecule has 1 N–H and O–H groups in total. The van der Waals surface area contributed by atoms with Crippen LogP contribution in [0.3, 0.4) is 0 Å². The number of aryl methyl sites for hydroxylation is 2. The van der Waals surface area contributed by atoms with Crippen LogP contribution in [0.2, 0.25) is 0 Å². The number of nitrogens with one attached hydrogen (secondary N) is 1. The molecule has 0 saturated carbocycles. The zero-order chi connectivity index (χ0) is 20.6. The maximum absolute atomic E-state index is 13.0. The van der Waals surface area contributed by atoms with E-state index in [0.29, 0.717) is 24.3 Å². The van der Waals surface area contributed by atoms with E-state index >= 15 is 0 Å². The smallest absolute Gasteiger partial charge is 0.283 e. The highest BCUT2D eigenvalue weighted by Gasteiger charge is 2.32. The molecule has 4 rings (SSSR count). The molecule has 0 spiro atoms. The molecule has 7 nitrogen and oxygen atoms in total. The van der Waals surface area contributed by atoms with Crippen molar-refractivity contribution in [3.05, 3.63) is 71.7 Å². The molecule has 2 heterocycles. The lowest BCUT2D eigenvalue weighted by Crippen LogP contribution is -2.29. The van der Waals surface area contributed by atoms with Crippen molar-refractivity contribution in [1.29, 1.82) is 0 Å². The van der Waals surface area contributed by atoms with Crippen molar-refractivity contribution in [3.8, 4) is 0 Å². The Kier molecular flexibility index (Phi) is 4.87. The van der Waals surface area contributed by atoms with Gasteiger partial charge in [0.2, 0.25) is 5.91 Å². The first-order valence-electron chi connectivity index (χ1n) is 9.34. The second kappa shape index (κ2) is 7.36. The number of carbonyl (C=O) groups is 1. The van der Waals surface area contributed by atoms with E-state index in [1.165, 1.54) is 21.4 Å². The van der Waals surface area contributed by atoms with Gasteiger partial charge in [0.15, 0.2) is 5.03 Å². The van der Waals surface area contributed by atoms with E-state index in [-0.39, 0.29) is 17.5 Å². The molecule has 1 amide bonds. The molecule has 0 aliphatic carbocycles. The fourth-order valence-corrected chi connectivity index (χ4v) is 4.86. The topological polar surface area (TPSA) is 84.3 Å². The van der Waals surface area contributed by atoms with Crippen LogP contribution >= 0.6 is 0 Å². The van der Waals surface area contributed by atoms with E-state index in [1.807, 2.05) is 50.2 Å². The monoisotopic (exact) mass is 410 g/mol. The summed E-state index contributed by atoms with van der Waals surface area (Å²) >= 11 is 0. The summed E-state index contributed by atoms with van der Waals surface area (Å²) in [6.07, 6.45) is 3.44. The summed E-state index contributed by atoms with van der Waals surface area (Å²) in [6, 6.07) is 13.1. The number of benzene rings is 2. The summed E-state index contributed by atoms with van der Waals surface area (Å²) in [5.74, 6) is -0.249. The molecule has 3 aromatic rings. The van der Waals surface area contributed by atoms with Crippen LogP contribution < -0.4 is 9.62 Å². The predicted molar refractivity (Wildman–Crippen MR) is 111 cm³/mol. The Morgan fingerprint density at radius 2 is 1.93 bits per heavy atom. The van der Waals surface area contributed by atoms with Crippen LogP contribution in [0.15, 0.2) is 60.0 Å². The molecule has 150 valence electrons. The van der Waals surface area contributed by atoms with Gasteiger partial charge in [-0.3, -0.25) is 9.10 Å².